The number of anilines is 1. The predicted octanol–water partition coefficient (Wildman–Crippen LogP) is 2.32. The van der Waals surface area contributed by atoms with Crippen molar-refractivity contribution >= 4 is 21.6 Å². The number of halogens is 1. The van der Waals surface area contributed by atoms with Gasteiger partial charge in [-0.25, -0.2) is 9.97 Å². The summed E-state index contributed by atoms with van der Waals surface area (Å²) in [4.78, 5) is 11.0. The Bertz CT molecular complexity index is 550. The van der Waals surface area contributed by atoms with E-state index >= 15 is 0 Å². The van der Waals surface area contributed by atoms with Gasteiger partial charge in [0.15, 0.2) is 0 Å². The molecule has 1 aromatic heterocycles. The molecule has 0 atom stereocenters. The number of aromatic nitrogens is 2. The van der Waals surface area contributed by atoms with E-state index < -0.39 is 0 Å². The Balaban J connectivity index is 1.98. The van der Waals surface area contributed by atoms with Gasteiger partial charge in [-0.1, -0.05) is 28.1 Å². The van der Waals surface area contributed by atoms with Crippen LogP contribution < -0.4 is 10.2 Å². The molecule has 1 aromatic carbocycles. The lowest BCUT2D eigenvalue weighted by atomic mass is 10.1. The standard InChI is InChI=1S/C14H15BrN4/c15-12-3-1-11(2-4-12)14-13(9-17-10-18-14)19-7-5-16-6-8-19/h1-4,9-10,16H,5-8H2. The van der Waals surface area contributed by atoms with E-state index in [0.29, 0.717) is 0 Å². The van der Waals surface area contributed by atoms with E-state index in [2.05, 4.69) is 48.2 Å². The van der Waals surface area contributed by atoms with Gasteiger partial charge in [-0.15, -0.1) is 0 Å². The van der Waals surface area contributed by atoms with Gasteiger partial charge in [0.05, 0.1) is 17.6 Å². The molecule has 5 heteroatoms. The molecule has 1 aliphatic heterocycles. The van der Waals surface area contributed by atoms with Crippen molar-refractivity contribution in [2.75, 3.05) is 31.1 Å². The highest BCUT2D eigenvalue weighted by atomic mass is 79.9. The first-order valence-corrected chi connectivity index (χ1v) is 7.15. The van der Waals surface area contributed by atoms with Crippen LogP contribution in [0.4, 0.5) is 5.69 Å². The molecule has 0 spiro atoms. The van der Waals surface area contributed by atoms with Gasteiger partial charge in [0.2, 0.25) is 0 Å². The molecule has 1 aliphatic rings. The molecule has 1 saturated heterocycles. The molecule has 1 N–H and O–H groups in total. The lowest BCUT2D eigenvalue weighted by molar-refractivity contribution is 0.588. The first kappa shape index (κ1) is 12.6. The lowest BCUT2D eigenvalue weighted by Crippen LogP contribution is -2.43. The number of rotatable bonds is 2. The molecule has 1 fully saturated rings. The molecule has 0 unspecified atom stereocenters. The number of nitrogens with one attached hydrogen (secondary N) is 1. The second-order valence-corrected chi connectivity index (χ2v) is 5.42. The molecule has 3 rings (SSSR count). The molecule has 4 nitrogen and oxygen atoms in total. The van der Waals surface area contributed by atoms with E-state index in [1.807, 2.05) is 18.3 Å². The molecule has 0 aliphatic carbocycles. The molecular weight excluding hydrogens is 304 g/mol. The largest absolute Gasteiger partial charge is 0.366 e. The van der Waals surface area contributed by atoms with Crippen molar-refractivity contribution in [3.8, 4) is 11.3 Å². The fourth-order valence-electron chi connectivity index (χ4n) is 2.29. The maximum absolute atomic E-state index is 4.47. The molecule has 98 valence electrons. The lowest BCUT2D eigenvalue weighted by Gasteiger charge is -2.30. The molecule has 2 aromatic rings. The van der Waals surface area contributed by atoms with Crippen LogP contribution in [0.3, 0.4) is 0 Å². The summed E-state index contributed by atoms with van der Waals surface area (Å²) in [6.45, 7) is 4.01. The molecule has 0 bridgehead atoms. The monoisotopic (exact) mass is 318 g/mol. The first-order valence-electron chi connectivity index (χ1n) is 6.36. The van der Waals surface area contributed by atoms with Crippen molar-refractivity contribution in [2.45, 2.75) is 0 Å². The van der Waals surface area contributed by atoms with Crippen molar-refractivity contribution in [1.82, 2.24) is 15.3 Å². The van der Waals surface area contributed by atoms with E-state index in [4.69, 9.17) is 0 Å². The van der Waals surface area contributed by atoms with E-state index in [1.54, 1.807) is 6.33 Å². The van der Waals surface area contributed by atoms with Crippen LogP contribution in [0.25, 0.3) is 11.3 Å². The van der Waals surface area contributed by atoms with Gasteiger partial charge < -0.3 is 10.2 Å². The van der Waals surface area contributed by atoms with Crippen LogP contribution in [0.1, 0.15) is 0 Å². The highest BCUT2D eigenvalue weighted by Crippen LogP contribution is 2.28. The SMILES string of the molecule is Brc1ccc(-c2ncncc2N2CCNCC2)cc1. The van der Waals surface area contributed by atoms with Crippen molar-refractivity contribution < 1.29 is 0 Å². The Kier molecular flexibility index (Phi) is 3.75. The minimum absolute atomic E-state index is 0.997. The molecule has 0 amide bonds. The average Bonchev–Trinajstić information content (AvgIpc) is 2.49. The Morgan fingerprint density at radius 2 is 1.84 bits per heavy atom. The Morgan fingerprint density at radius 3 is 2.58 bits per heavy atom. The number of benzene rings is 1. The highest BCUT2D eigenvalue weighted by Gasteiger charge is 2.16. The van der Waals surface area contributed by atoms with E-state index in [0.717, 1.165) is 47.6 Å². The quantitative estimate of drug-likeness (QED) is 0.922. The number of nitrogens with zero attached hydrogens (tertiary/aromatic N) is 3. The smallest absolute Gasteiger partial charge is 0.116 e. The Morgan fingerprint density at radius 1 is 1.11 bits per heavy atom. The summed E-state index contributed by atoms with van der Waals surface area (Å²) in [5, 5.41) is 3.36. The zero-order valence-corrected chi connectivity index (χ0v) is 12.1. The predicted molar refractivity (Wildman–Crippen MR) is 80.3 cm³/mol. The van der Waals surface area contributed by atoms with Crippen molar-refractivity contribution in [1.29, 1.82) is 0 Å². The maximum Gasteiger partial charge on any atom is 0.116 e. The van der Waals surface area contributed by atoms with Gasteiger partial charge in [-0.3, -0.25) is 0 Å². The van der Waals surface area contributed by atoms with Crippen molar-refractivity contribution in [3.63, 3.8) is 0 Å². The van der Waals surface area contributed by atoms with Crippen LogP contribution in [-0.4, -0.2) is 36.1 Å². The summed E-state index contributed by atoms with van der Waals surface area (Å²) >= 11 is 3.46. The fourth-order valence-corrected chi connectivity index (χ4v) is 2.55. The third-order valence-corrected chi connectivity index (χ3v) is 3.80. The molecule has 0 radical (unpaired) electrons. The van der Waals surface area contributed by atoms with Gasteiger partial charge in [-0.05, 0) is 12.1 Å². The molecular formula is C14H15BrN4. The van der Waals surface area contributed by atoms with Crippen LogP contribution in [-0.2, 0) is 0 Å². The van der Waals surface area contributed by atoms with E-state index in [9.17, 15) is 0 Å². The van der Waals surface area contributed by atoms with Gasteiger partial charge in [0.1, 0.15) is 6.33 Å². The number of hydrogen-bond donors (Lipinski definition) is 1. The van der Waals surface area contributed by atoms with Crippen molar-refractivity contribution in [2.24, 2.45) is 0 Å². The third-order valence-electron chi connectivity index (χ3n) is 3.27. The zero-order chi connectivity index (χ0) is 13.1. The summed E-state index contributed by atoms with van der Waals surface area (Å²) in [6.07, 6.45) is 3.53. The molecule has 0 saturated carbocycles. The van der Waals surface area contributed by atoms with E-state index in [1.165, 1.54) is 0 Å². The highest BCUT2D eigenvalue weighted by molar-refractivity contribution is 9.10. The molecule has 2 heterocycles. The summed E-state index contributed by atoms with van der Waals surface area (Å²) < 4.78 is 1.08. The number of piperazine rings is 1. The number of hydrogen-bond acceptors (Lipinski definition) is 4. The summed E-state index contributed by atoms with van der Waals surface area (Å²) in [5.74, 6) is 0. The minimum atomic E-state index is 0.997. The van der Waals surface area contributed by atoms with Crippen molar-refractivity contribution in [3.05, 3.63) is 41.3 Å². The van der Waals surface area contributed by atoms with Gasteiger partial charge in [0, 0.05) is 36.2 Å². The van der Waals surface area contributed by atoms with Gasteiger partial charge in [-0.2, -0.15) is 0 Å². The fraction of sp³-hybridized carbons (Fsp3) is 0.286. The Hall–Kier alpha value is -1.46. The normalized spacial score (nSPS) is 15.5. The summed E-state index contributed by atoms with van der Waals surface area (Å²) in [7, 11) is 0. The summed E-state index contributed by atoms with van der Waals surface area (Å²) in [6, 6.07) is 8.24. The van der Waals surface area contributed by atoms with Crippen LogP contribution in [0.2, 0.25) is 0 Å². The van der Waals surface area contributed by atoms with Crippen LogP contribution in [0.15, 0.2) is 41.3 Å². The maximum atomic E-state index is 4.47. The van der Waals surface area contributed by atoms with Crippen LogP contribution in [0.5, 0.6) is 0 Å². The summed E-state index contributed by atoms with van der Waals surface area (Å²) in [5.41, 5.74) is 3.25. The Labute approximate surface area is 121 Å². The van der Waals surface area contributed by atoms with Crippen LogP contribution >= 0.6 is 15.9 Å². The second kappa shape index (κ2) is 5.67. The third kappa shape index (κ3) is 2.77. The minimum Gasteiger partial charge on any atom is -0.366 e. The topological polar surface area (TPSA) is 41.1 Å². The zero-order valence-electron chi connectivity index (χ0n) is 10.5. The second-order valence-electron chi connectivity index (χ2n) is 4.50. The molecule has 19 heavy (non-hydrogen) atoms. The average molecular weight is 319 g/mol. The van der Waals surface area contributed by atoms with Gasteiger partial charge in [0.25, 0.3) is 0 Å². The van der Waals surface area contributed by atoms with Gasteiger partial charge >= 0.3 is 0 Å². The van der Waals surface area contributed by atoms with E-state index in [-0.39, 0.29) is 0 Å². The van der Waals surface area contributed by atoms with Crippen LogP contribution in [0, 0.1) is 0 Å². The first-order chi connectivity index (χ1) is 9.34.